The number of nitrogens with zero attached hydrogens (tertiary/aromatic N) is 1. The van der Waals surface area contributed by atoms with E-state index in [0.29, 0.717) is 6.04 Å². The Morgan fingerprint density at radius 2 is 2.38 bits per heavy atom. The molecule has 3 unspecified atom stereocenters. The van der Waals surface area contributed by atoms with Crippen molar-refractivity contribution < 1.29 is 0 Å². The van der Waals surface area contributed by atoms with Crippen molar-refractivity contribution in [3.8, 4) is 0 Å². The van der Waals surface area contributed by atoms with Gasteiger partial charge in [-0.1, -0.05) is 13.3 Å². The molecule has 1 saturated carbocycles. The fraction of sp³-hybridized carbons (Fsp3) is 0.769. The molecular weight excluding hydrogens is 216 g/mol. The van der Waals surface area contributed by atoms with E-state index in [1.807, 2.05) is 18.4 Å². The van der Waals surface area contributed by atoms with Crippen LogP contribution in [0.25, 0.3) is 0 Å². The van der Waals surface area contributed by atoms with Crippen LogP contribution in [-0.2, 0) is 0 Å². The summed E-state index contributed by atoms with van der Waals surface area (Å²) in [6, 6.07) is 0.439. The van der Waals surface area contributed by atoms with Crippen LogP contribution < -0.4 is 5.32 Å². The van der Waals surface area contributed by atoms with Crippen molar-refractivity contribution in [1.29, 1.82) is 0 Å². The highest BCUT2D eigenvalue weighted by atomic mass is 32.1. The first kappa shape index (κ1) is 12.1. The highest BCUT2D eigenvalue weighted by molar-refractivity contribution is 7.11. The molecule has 1 aromatic rings. The SMILES string of the molecule is CCC1CCC(c2ncc(C(C)NC)s2)C1. The van der Waals surface area contributed by atoms with Gasteiger partial charge in [0, 0.05) is 23.0 Å². The topological polar surface area (TPSA) is 24.9 Å². The summed E-state index contributed by atoms with van der Waals surface area (Å²) >= 11 is 1.90. The molecule has 3 atom stereocenters. The van der Waals surface area contributed by atoms with E-state index in [1.165, 1.54) is 35.6 Å². The van der Waals surface area contributed by atoms with E-state index in [9.17, 15) is 0 Å². The second-order valence-electron chi connectivity index (χ2n) is 4.90. The van der Waals surface area contributed by atoms with Crippen LogP contribution >= 0.6 is 11.3 Å². The second kappa shape index (κ2) is 5.28. The van der Waals surface area contributed by atoms with Crippen LogP contribution in [0, 0.1) is 5.92 Å². The molecule has 1 heterocycles. The highest BCUT2D eigenvalue weighted by Gasteiger charge is 2.27. The van der Waals surface area contributed by atoms with Crippen LogP contribution in [0.1, 0.15) is 61.4 Å². The third kappa shape index (κ3) is 2.46. The van der Waals surface area contributed by atoms with Gasteiger partial charge in [0.1, 0.15) is 0 Å². The van der Waals surface area contributed by atoms with E-state index >= 15 is 0 Å². The molecule has 3 heteroatoms. The number of aromatic nitrogens is 1. The smallest absolute Gasteiger partial charge is 0.0959 e. The fourth-order valence-corrected chi connectivity index (χ4v) is 3.63. The first-order valence-corrected chi connectivity index (χ1v) is 7.19. The number of rotatable bonds is 4. The molecular formula is C13H22N2S. The van der Waals surface area contributed by atoms with Crippen molar-refractivity contribution in [2.24, 2.45) is 5.92 Å². The van der Waals surface area contributed by atoms with Crippen molar-refractivity contribution >= 4 is 11.3 Å². The van der Waals surface area contributed by atoms with Gasteiger partial charge in [-0.3, -0.25) is 0 Å². The molecule has 0 saturated heterocycles. The maximum absolute atomic E-state index is 4.61. The summed E-state index contributed by atoms with van der Waals surface area (Å²) in [5.74, 6) is 1.69. The lowest BCUT2D eigenvalue weighted by Gasteiger charge is -2.07. The van der Waals surface area contributed by atoms with E-state index in [1.54, 1.807) is 0 Å². The average molecular weight is 238 g/mol. The largest absolute Gasteiger partial charge is 0.312 e. The zero-order valence-corrected chi connectivity index (χ0v) is 11.3. The van der Waals surface area contributed by atoms with Gasteiger partial charge in [0.25, 0.3) is 0 Å². The van der Waals surface area contributed by atoms with E-state index in [-0.39, 0.29) is 0 Å². The molecule has 1 aliphatic carbocycles. The minimum absolute atomic E-state index is 0.439. The number of hydrogen-bond acceptors (Lipinski definition) is 3. The molecule has 1 fully saturated rings. The summed E-state index contributed by atoms with van der Waals surface area (Å²) < 4.78 is 0. The lowest BCUT2D eigenvalue weighted by Crippen LogP contribution is -2.10. The Hall–Kier alpha value is -0.410. The quantitative estimate of drug-likeness (QED) is 0.865. The van der Waals surface area contributed by atoms with E-state index in [0.717, 1.165) is 11.8 Å². The predicted octanol–water partition coefficient (Wildman–Crippen LogP) is 3.72. The van der Waals surface area contributed by atoms with E-state index in [2.05, 4.69) is 30.3 Å². The monoisotopic (exact) mass is 238 g/mol. The lowest BCUT2D eigenvalue weighted by molar-refractivity contribution is 0.521. The van der Waals surface area contributed by atoms with Gasteiger partial charge in [0.05, 0.1) is 5.01 Å². The predicted molar refractivity (Wildman–Crippen MR) is 70.0 cm³/mol. The van der Waals surface area contributed by atoms with Crippen LogP contribution in [0.2, 0.25) is 0 Å². The molecule has 1 N–H and O–H groups in total. The third-order valence-electron chi connectivity index (χ3n) is 3.87. The lowest BCUT2D eigenvalue weighted by atomic mass is 10.0. The molecule has 1 aromatic heterocycles. The van der Waals surface area contributed by atoms with Crippen LogP contribution in [0.15, 0.2) is 6.20 Å². The van der Waals surface area contributed by atoms with Crippen molar-refractivity contribution in [2.45, 2.75) is 51.5 Å². The van der Waals surface area contributed by atoms with Gasteiger partial charge in [0.15, 0.2) is 0 Å². The van der Waals surface area contributed by atoms with Crippen molar-refractivity contribution in [2.75, 3.05) is 7.05 Å². The third-order valence-corrected chi connectivity index (χ3v) is 5.21. The van der Waals surface area contributed by atoms with Crippen LogP contribution in [-0.4, -0.2) is 12.0 Å². The Bertz CT molecular complexity index is 334. The van der Waals surface area contributed by atoms with Gasteiger partial charge in [-0.05, 0) is 39.2 Å². The van der Waals surface area contributed by atoms with Gasteiger partial charge in [-0.15, -0.1) is 11.3 Å². The molecule has 2 rings (SSSR count). The average Bonchev–Trinajstić information content (AvgIpc) is 2.95. The molecule has 0 aliphatic heterocycles. The molecule has 90 valence electrons. The zero-order valence-electron chi connectivity index (χ0n) is 10.5. The van der Waals surface area contributed by atoms with Crippen LogP contribution in [0.3, 0.4) is 0 Å². The number of hydrogen-bond donors (Lipinski definition) is 1. The highest BCUT2D eigenvalue weighted by Crippen LogP contribution is 2.41. The van der Waals surface area contributed by atoms with Gasteiger partial charge in [-0.25, -0.2) is 4.98 Å². The molecule has 0 bridgehead atoms. The summed E-state index contributed by atoms with van der Waals surface area (Å²) in [6.07, 6.45) is 7.50. The Labute approximate surface area is 102 Å². The minimum atomic E-state index is 0.439. The van der Waals surface area contributed by atoms with Gasteiger partial charge < -0.3 is 5.32 Å². The summed E-state index contributed by atoms with van der Waals surface area (Å²) in [7, 11) is 2.01. The van der Waals surface area contributed by atoms with Gasteiger partial charge >= 0.3 is 0 Å². The minimum Gasteiger partial charge on any atom is -0.312 e. The van der Waals surface area contributed by atoms with Crippen molar-refractivity contribution in [1.82, 2.24) is 10.3 Å². The Morgan fingerprint density at radius 1 is 1.56 bits per heavy atom. The first-order valence-electron chi connectivity index (χ1n) is 6.37. The first-order chi connectivity index (χ1) is 7.74. The normalized spacial score (nSPS) is 27.2. The van der Waals surface area contributed by atoms with Gasteiger partial charge in [-0.2, -0.15) is 0 Å². The zero-order chi connectivity index (χ0) is 11.5. The Morgan fingerprint density at radius 3 is 3.00 bits per heavy atom. The standard InChI is InChI=1S/C13H22N2S/c1-4-10-5-6-11(7-10)13-15-8-12(16-13)9(2)14-3/h8-11,14H,4-7H2,1-3H3. The van der Waals surface area contributed by atoms with Crippen LogP contribution in [0.4, 0.5) is 0 Å². The van der Waals surface area contributed by atoms with Gasteiger partial charge in [0.2, 0.25) is 0 Å². The summed E-state index contributed by atoms with van der Waals surface area (Å²) in [4.78, 5) is 5.99. The van der Waals surface area contributed by atoms with E-state index in [4.69, 9.17) is 0 Å². The number of nitrogens with one attached hydrogen (secondary N) is 1. The number of thiazole rings is 1. The van der Waals surface area contributed by atoms with Crippen molar-refractivity contribution in [3.63, 3.8) is 0 Å². The molecule has 16 heavy (non-hydrogen) atoms. The Balaban J connectivity index is 2.02. The summed E-state index contributed by atoms with van der Waals surface area (Å²) in [5, 5.41) is 4.64. The molecule has 1 aliphatic rings. The molecule has 0 amide bonds. The molecule has 0 spiro atoms. The van der Waals surface area contributed by atoms with Crippen LogP contribution in [0.5, 0.6) is 0 Å². The molecule has 2 nitrogen and oxygen atoms in total. The maximum Gasteiger partial charge on any atom is 0.0959 e. The van der Waals surface area contributed by atoms with Crippen molar-refractivity contribution in [3.05, 3.63) is 16.1 Å². The maximum atomic E-state index is 4.61. The van der Waals surface area contributed by atoms with E-state index < -0.39 is 0 Å². The summed E-state index contributed by atoms with van der Waals surface area (Å²) in [6.45, 7) is 4.50. The summed E-state index contributed by atoms with van der Waals surface area (Å²) in [5.41, 5.74) is 0. The Kier molecular flexibility index (Phi) is 3.98. The fourth-order valence-electron chi connectivity index (χ4n) is 2.50. The molecule has 0 radical (unpaired) electrons. The molecule has 0 aromatic carbocycles. The second-order valence-corrected chi connectivity index (χ2v) is 5.99.